The number of H-pyrrole nitrogens is 1. The molecule has 3 aromatic heterocycles. The molecule has 175 valence electrons. The zero-order chi connectivity index (χ0) is 24.1. The zero-order valence-corrected chi connectivity index (χ0v) is 21.9. The molecule has 0 atom stereocenters. The molecule has 0 bridgehead atoms. The number of fused-ring (bicyclic) bond motifs is 1. The summed E-state index contributed by atoms with van der Waals surface area (Å²) in [6.45, 7) is 4.30. The van der Waals surface area contributed by atoms with Crippen molar-refractivity contribution in [2.24, 2.45) is 7.05 Å². The first kappa shape index (κ1) is 26.5. The van der Waals surface area contributed by atoms with Crippen LogP contribution in [0.4, 0.5) is 17.6 Å². The average molecular weight is 505 g/mol. The molecule has 12 heteroatoms. The Morgan fingerprint density at radius 1 is 1.12 bits per heavy atom. The van der Waals surface area contributed by atoms with E-state index in [2.05, 4.69) is 20.1 Å². The van der Waals surface area contributed by atoms with Crippen LogP contribution in [0.15, 0.2) is 30.3 Å². The number of aromatic nitrogens is 5. The van der Waals surface area contributed by atoms with Crippen LogP contribution >= 0.6 is 11.6 Å². The van der Waals surface area contributed by atoms with Crippen molar-refractivity contribution in [1.29, 1.82) is 0 Å². The zero-order valence-electron chi connectivity index (χ0n) is 19.2. The van der Waals surface area contributed by atoms with Crippen molar-refractivity contribution < 1.29 is 22.3 Å². The van der Waals surface area contributed by atoms with Gasteiger partial charge in [-0.3, -0.25) is 4.68 Å². The van der Waals surface area contributed by atoms with Gasteiger partial charge in [0.05, 0.1) is 21.9 Å². The minimum absolute atomic E-state index is 0. The molecule has 0 aliphatic rings. The number of imidazole rings is 1. The summed E-state index contributed by atoms with van der Waals surface area (Å²) in [4.78, 5) is 11.6. The molecular formula is C22H20ClF4N5NaO. The van der Waals surface area contributed by atoms with Crippen molar-refractivity contribution in [3.05, 3.63) is 46.9 Å². The molecular weight excluding hydrogens is 485 g/mol. The molecule has 4 rings (SSSR count). The van der Waals surface area contributed by atoms with Gasteiger partial charge >= 0.3 is 6.18 Å². The first-order valence-electron chi connectivity index (χ1n) is 9.93. The first-order valence-corrected chi connectivity index (χ1v) is 10.3. The number of nitrogens with zero attached hydrogens (tertiary/aromatic N) is 4. The minimum Gasteiger partial charge on any atom is -0.466 e. The number of pyridine rings is 1. The summed E-state index contributed by atoms with van der Waals surface area (Å²) in [7, 11) is 1.69. The Hall–Kier alpha value is -2.14. The molecule has 6 nitrogen and oxygen atoms in total. The Morgan fingerprint density at radius 3 is 2.38 bits per heavy atom. The van der Waals surface area contributed by atoms with Gasteiger partial charge in [0, 0.05) is 47.6 Å². The standard InChI is InChI=1S/C22H20ClF4N5O.Na/c1-21(2,3)18-15(23)17(32(4)31-18)19-28-14-9-13(11-7-5-6-8-12(11)24)29-20(16(14)30-19)33-10-22(25,26)27;/h5-9H,10H2,1-4H3,(H,28,30);. The van der Waals surface area contributed by atoms with Gasteiger partial charge < -0.3 is 9.72 Å². The predicted molar refractivity (Wildman–Crippen MR) is 122 cm³/mol. The van der Waals surface area contributed by atoms with Crippen LogP contribution in [0.3, 0.4) is 0 Å². The first-order chi connectivity index (χ1) is 15.3. The van der Waals surface area contributed by atoms with E-state index in [1.807, 2.05) is 20.8 Å². The number of alkyl halides is 3. The van der Waals surface area contributed by atoms with Crippen LogP contribution in [0.2, 0.25) is 5.02 Å². The summed E-state index contributed by atoms with van der Waals surface area (Å²) in [5, 5.41) is 4.84. The van der Waals surface area contributed by atoms with Crippen LogP contribution in [0.5, 0.6) is 5.88 Å². The number of aromatic amines is 1. The van der Waals surface area contributed by atoms with Gasteiger partial charge in [-0.1, -0.05) is 44.5 Å². The molecule has 0 aliphatic heterocycles. The number of aryl methyl sites for hydroxylation is 1. The van der Waals surface area contributed by atoms with Crippen LogP contribution < -0.4 is 4.74 Å². The van der Waals surface area contributed by atoms with Gasteiger partial charge in [0.2, 0.25) is 5.88 Å². The summed E-state index contributed by atoms with van der Waals surface area (Å²) in [5.41, 5.74) is 1.30. The Morgan fingerprint density at radius 2 is 1.79 bits per heavy atom. The van der Waals surface area contributed by atoms with Crippen LogP contribution in [0, 0.1) is 5.82 Å². The number of benzene rings is 1. The van der Waals surface area contributed by atoms with Crippen LogP contribution in [0.25, 0.3) is 33.8 Å². The van der Waals surface area contributed by atoms with Crippen molar-refractivity contribution in [2.45, 2.75) is 32.4 Å². The van der Waals surface area contributed by atoms with E-state index in [-0.39, 0.29) is 69.0 Å². The van der Waals surface area contributed by atoms with E-state index >= 15 is 0 Å². The fraction of sp³-hybridized carbons (Fsp3) is 0.318. The largest absolute Gasteiger partial charge is 0.466 e. The monoisotopic (exact) mass is 504 g/mol. The van der Waals surface area contributed by atoms with Gasteiger partial charge in [-0.2, -0.15) is 18.3 Å². The fourth-order valence-electron chi connectivity index (χ4n) is 3.39. The molecule has 0 saturated heterocycles. The SMILES string of the molecule is Cn1nc(C(C)(C)C)c(Cl)c1-c1nc2cc(-c3ccccc3F)nc(OCC(F)(F)F)c2[nH]1.[Na]. The molecule has 1 aromatic carbocycles. The number of halogens is 5. The van der Waals surface area contributed by atoms with Crippen LogP contribution in [0.1, 0.15) is 26.5 Å². The molecule has 3 heterocycles. The second kappa shape index (κ2) is 9.49. The second-order valence-electron chi connectivity index (χ2n) is 8.56. The Labute approximate surface area is 220 Å². The number of nitrogens with one attached hydrogen (secondary N) is 1. The maximum Gasteiger partial charge on any atom is 0.422 e. The van der Waals surface area contributed by atoms with Crippen LogP contribution in [-0.4, -0.2) is 67.1 Å². The van der Waals surface area contributed by atoms with Gasteiger partial charge in [-0.05, 0) is 18.2 Å². The summed E-state index contributed by atoms with van der Waals surface area (Å²) < 4.78 is 59.4. The quantitative estimate of drug-likeness (QED) is 0.287. The smallest absolute Gasteiger partial charge is 0.422 e. The Balaban J connectivity index is 0.00000324. The van der Waals surface area contributed by atoms with E-state index in [0.29, 0.717) is 16.4 Å². The molecule has 0 aliphatic carbocycles. The second-order valence-corrected chi connectivity index (χ2v) is 8.94. The maximum atomic E-state index is 14.4. The van der Waals surface area contributed by atoms with Gasteiger partial charge in [0.25, 0.3) is 0 Å². The topological polar surface area (TPSA) is 68.6 Å². The van der Waals surface area contributed by atoms with Gasteiger partial charge in [0.1, 0.15) is 17.0 Å². The van der Waals surface area contributed by atoms with E-state index in [1.54, 1.807) is 17.8 Å². The predicted octanol–water partition coefficient (Wildman–Crippen LogP) is 5.68. The molecule has 0 unspecified atom stereocenters. The van der Waals surface area contributed by atoms with E-state index < -0.39 is 18.6 Å². The van der Waals surface area contributed by atoms with E-state index in [4.69, 9.17) is 16.3 Å². The fourth-order valence-corrected chi connectivity index (χ4v) is 3.92. The number of hydrogen-bond acceptors (Lipinski definition) is 4. The number of ether oxygens (including phenoxy) is 1. The van der Waals surface area contributed by atoms with Crippen LogP contribution in [-0.2, 0) is 12.5 Å². The summed E-state index contributed by atoms with van der Waals surface area (Å²) in [6, 6.07) is 7.28. The van der Waals surface area contributed by atoms with Crippen molar-refractivity contribution in [3.63, 3.8) is 0 Å². The molecule has 1 N–H and O–H groups in total. The maximum absolute atomic E-state index is 14.4. The number of rotatable bonds is 4. The van der Waals surface area contributed by atoms with E-state index in [9.17, 15) is 17.6 Å². The van der Waals surface area contributed by atoms with Crippen molar-refractivity contribution in [1.82, 2.24) is 24.7 Å². The number of hydrogen-bond donors (Lipinski definition) is 1. The Kier molecular flexibility index (Phi) is 7.38. The molecule has 0 amide bonds. The van der Waals surface area contributed by atoms with Gasteiger partial charge in [-0.25, -0.2) is 14.4 Å². The third-order valence-corrected chi connectivity index (χ3v) is 5.25. The van der Waals surface area contributed by atoms with Crippen molar-refractivity contribution in [3.8, 4) is 28.7 Å². The third-order valence-electron chi connectivity index (χ3n) is 4.89. The molecule has 34 heavy (non-hydrogen) atoms. The summed E-state index contributed by atoms with van der Waals surface area (Å²) in [6.07, 6.45) is -4.59. The van der Waals surface area contributed by atoms with Gasteiger partial charge in [-0.15, -0.1) is 0 Å². The normalized spacial score (nSPS) is 12.1. The van der Waals surface area contributed by atoms with E-state index in [0.717, 1.165) is 0 Å². The molecule has 0 fully saturated rings. The molecule has 0 spiro atoms. The van der Waals surface area contributed by atoms with Crippen molar-refractivity contribution >= 4 is 52.2 Å². The molecule has 0 saturated carbocycles. The Bertz CT molecular complexity index is 1340. The third kappa shape index (κ3) is 5.25. The van der Waals surface area contributed by atoms with E-state index in [1.165, 1.54) is 24.3 Å². The molecule has 1 radical (unpaired) electrons. The van der Waals surface area contributed by atoms with Crippen molar-refractivity contribution in [2.75, 3.05) is 6.61 Å². The van der Waals surface area contributed by atoms with Gasteiger partial charge in [0.15, 0.2) is 12.4 Å². The summed E-state index contributed by atoms with van der Waals surface area (Å²) >= 11 is 6.60. The minimum atomic E-state index is -4.59. The summed E-state index contributed by atoms with van der Waals surface area (Å²) in [5.74, 6) is -0.660. The average Bonchev–Trinajstić information content (AvgIpc) is 3.25. The molecule has 4 aromatic rings.